The number of carbonyl (C=O) groups is 4. The summed E-state index contributed by atoms with van der Waals surface area (Å²) in [6.07, 6.45) is 0.822. The van der Waals surface area contributed by atoms with Crippen LogP contribution in [0.15, 0.2) is 11.8 Å². The molecular formula is C16H21N3O7. The first-order valence-electron chi connectivity index (χ1n) is 7.57. The minimum absolute atomic E-state index is 0.0975. The third kappa shape index (κ3) is 4.85. The van der Waals surface area contributed by atoms with Crippen LogP contribution in [-0.4, -0.2) is 49.6 Å². The second-order valence-corrected chi connectivity index (χ2v) is 5.00. The van der Waals surface area contributed by atoms with Crippen molar-refractivity contribution < 1.29 is 33.4 Å². The number of hydrogen-bond acceptors (Lipinski definition) is 8. The molecule has 10 heteroatoms. The fourth-order valence-corrected chi connectivity index (χ4v) is 2.11. The molecule has 1 heterocycles. The molecule has 0 aromatic carbocycles. The standard InChI is InChI=1S/C16H21N3O7/c1-6-26-16(23)12-8(2)13(17-9(12)3)14(21)19-18-10(15(22)25-5)7-11(20)24-4/h7,17-18H,6H2,1-5H3,(H,19,21)/b10-7-. The molecule has 1 aromatic heterocycles. The van der Waals surface area contributed by atoms with E-state index in [1.54, 1.807) is 20.8 Å². The Morgan fingerprint density at radius 1 is 1.08 bits per heavy atom. The molecule has 0 atom stereocenters. The maximum atomic E-state index is 12.3. The van der Waals surface area contributed by atoms with Crippen LogP contribution in [-0.2, 0) is 23.8 Å². The number of nitrogens with one attached hydrogen (secondary N) is 3. The van der Waals surface area contributed by atoms with Crippen molar-refractivity contribution in [2.75, 3.05) is 20.8 Å². The van der Waals surface area contributed by atoms with E-state index in [9.17, 15) is 19.2 Å². The molecule has 10 nitrogen and oxygen atoms in total. The van der Waals surface area contributed by atoms with E-state index >= 15 is 0 Å². The first-order chi connectivity index (χ1) is 12.3. The van der Waals surface area contributed by atoms with E-state index in [1.807, 2.05) is 0 Å². The monoisotopic (exact) mass is 367 g/mol. The van der Waals surface area contributed by atoms with E-state index in [4.69, 9.17) is 4.74 Å². The van der Waals surface area contributed by atoms with Crippen LogP contribution >= 0.6 is 0 Å². The Hall–Kier alpha value is -3.30. The topological polar surface area (TPSA) is 136 Å². The lowest BCUT2D eigenvalue weighted by molar-refractivity contribution is -0.138. The maximum Gasteiger partial charge on any atom is 0.356 e. The highest BCUT2D eigenvalue weighted by Gasteiger charge is 2.23. The summed E-state index contributed by atoms with van der Waals surface area (Å²) < 4.78 is 13.9. The number of hydrazine groups is 1. The maximum absolute atomic E-state index is 12.3. The quantitative estimate of drug-likeness (QED) is 0.270. The van der Waals surface area contributed by atoms with E-state index in [2.05, 4.69) is 25.3 Å². The van der Waals surface area contributed by atoms with Gasteiger partial charge in [-0.25, -0.2) is 14.4 Å². The van der Waals surface area contributed by atoms with Crippen LogP contribution in [0.2, 0.25) is 0 Å². The number of aromatic nitrogens is 1. The van der Waals surface area contributed by atoms with Gasteiger partial charge in [-0.2, -0.15) is 0 Å². The van der Waals surface area contributed by atoms with Gasteiger partial charge >= 0.3 is 17.9 Å². The molecule has 1 aromatic rings. The van der Waals surface area contributed by atoms with Crippen LogP contribution in [0, 0.1) is 13.8 Å². The lowest BCUT2D eigenvalue weighted by Crippen LogP contribution is -2.40. The molecule has 0 saturated carbocycles. The van der Waals surface area contributed by atoms with Crippen molar-refractivity contribution in [3.8, 4) is 0 Å². The molecule has 26 heavy (non-hydrogen) atoms. The molecule has 3 N–H and O–H groups in total. The van der Waals surface area contributed by atoms with Crippen molar-refractivity contribution in [1.29, 1.82) is 0 Å². The summed E-state index contributed by atoms with van der Waals surface area (Å²) in [7, 11) is 2.25. The normalized spacial score (nSPS) is 10.7. The van der Waals surface area contributed by atoms with Crippen molar-refractivity contribution >= 4 is 23.8 Å². The average Bonchev–Trinajstić information content (AvgIpc) is 2.91. The number of carbonyl (C=O) groups excluding carboxylic acids is 4. The average molecular weight is 367 g/mol. The highest BCUT2D eigenvalue weighted by molar-refractivity contribution is 6.01. The highest BCUT2D eigenvalue weighted by Crippen LogP contribution is 2.18. The van der Waals surface area contributed by atoms with E-state index in [0.29, 0.717) is 11.3 Å². The van der Waals surface area contributed by atoms with Crippen LogP contribution < -0.4 is 10.9 Å². The molecule has 0 saturated heterocycles. The number of ether oxygens (including phenoxy) is 3. The molecule has 0 radical (unpaired) electrons. The van der Waals surface area contributed by atoms with Gasteiger partial charge in [-0.05, 0) is 26.3 Å². The number of aryl methyl sites for hydroxylation is 1. The Morgan fingerprint density at radius 3 is 2.27 bits per heavy atom. The molecule has 142 valence electrons. The van der Waals surface area contributed by atoms with Gasteiger partial charge in [0.25, 0.3) is 5.91 Å². The molecule has 0 spiro atoms. The number of amides is 1. The highest BCUT2D eigenvalue weighted by atomic mass is 16.5. The molecule has 0 unspecified atom stereocenters. The summed E-state index contributed by atoms with van der Waals surface area (Å²) in [5, 5.41) is 0. The summed E-state index contributed by atoms with van der Waals surface area (Å²) in [4.78, 5) is 50.0. The number of H-pyrrole nitrogens is 1. The third-order valence-electron chi connectivity index (χ3n) is 3.32. The predicted molar refractivity (Wildman–Crippen MR) is 88.9 cm³/mol. The molecule has 0 aliphatic carbocycles. The van der Waals surface area contributed by atoms with E-state index in [-0.39, 0.29) is 23.6 Å². The van der Waals surface area contributed by atoms with Gasteiger partial charge in [0.15, 0.2) is 0 Å². The molecule has 0 aliphatic heterocycles. The lowest BCUT2D eigenvalue weighted by atomic mass is 10.1. The van der Waals surface area contributed by atoms with Gasteiger partial charge in [-0.3, -0.25) is 15.6 Å². The van der Waals surface area contributed by atoms with Gasteiger partial charge in [0.1, 0.15) is 11.4 Å². The van der Waals surface area contributed by atoms with Crippen molar-refractivity contribution in [1.82, 2.24) is 15.8 Å². The Balaban J connectivity index is 2.99. The Bertz CT molecular complexity index is 749. The Kier molecular flexibility index (Phi) is 7.38. The van der Waals surface area contributed by atoms with E-state index < -0.39 is 23.8 Å². The SMILES string of the molecule is CCOC(=O)c1c(C)[nH]c(C(=O)NN/C(=C\C(=O)OC)C(=O)OC)c1C. The molecule has 0 fully saturated rings. The molecule has 0 aliphatic rings. The molecular weight excluding hydrogens is 346 g/mol. The summed E-state index contributed by atoms with van der Waals surface area (Å²) in [6, 6.07) is 0. The van der Waals surface area contributed by atoms with Crippen LogP contribution in [0.25, 0.3) is 0 Å². The minimum Gasteiger partial charge on any atom is -0.466 e. The number of hydrogen-bond donors (Lipinski definition) is 3. The number of methoxy groups -OCH3 is 2. The Labute approximate surface area is 149 Å². The summed E-state index contributed by atoms with van der Waals surface area (Å²) in [6.45, 7) is 5.08. The van der Waals surface area contributed by atoms with Crippen molar-refractivity contribution in [3.05, 3.63) is 34.3 Å². The summed E-state index contributed by atoms with van der Waals surface area (Å²) in [5.41, 5.74) is 5.41. The number of aromatic amines is 1. The van der Waals surface area contributed by atoms with Crippen LogP contribution in [0.1, 0.15) is 39.0 Å². The lowest BCUT2D eigenvalue weighted by Gasteiger charge is -2.10. The molecule has 1 rings (SSSR count). The smallest absolute Gasteiger partial charge is 0.356 e. The predicted octanol–water partition coefficient (Wildman–Crippen LogP) is 0.273. The van der Waals surface area contributed by atoms with Crippen LogP contribution in [0.5, 0.6) is 0 Å². The van der Waals surface area contributed by atoms with Crippen LogP contribution in [0.3, 0.4) is 0 Å². The van der Waals surface area contributed by atoms with Gasteiger partial charge in [0, 0.05) is 5.69 Å². The van der Waals surface area contributed by atoms with Crippen molar-refractivity contribution in [3.63, 3.8) is 0 Å². The zero-order valence-corrected chi connectivity index (χ0v) is 15.1. The molecule has 0 bridgehead atoms. The molecule has 1 amide bonds. The van der Waals surface area contributed by atoms with Gasteiger partial charge in [0.2, 0.25) is 0 Å². The third-order valence-corrected chi connectivity index (χ3v) is 3.32. The first-order valence-corrected chi connectivity index (χ1v) is 7.57. The number of esters is 3. The first kappa shape index (κ1) is 20.7. The second kappa shape index (κ2) is 9.25. The fraction of sp³-hybridized carbons (Fsp3) is 0.375. The zero-order valence-electron chi connectivity index (χ0n) is 15.1. The zero-order chi connectivity index (χ0) is 19.9. The van der Waals surface area contributed by atoms with Gasteiger partial charge < -0.3 is 19.2 Å². The minimum atomic E-state index is -0.887. The van der Waals surface area contributed by atoms with Crippen molar-refractivity contribution in [2.45, 2.75) is 20.8 Å². The van der Waals surface area contributed by atoms with E-state index in [0.717, 1.165) is 20.3 Å². The summed E-state index contributed by atoms with van der Waals surface area (Å²) in [5.74, 6) is -2.92. The van der Waals surface area contributed by atoms with Gasteiger partial charge in [0.05, 0.1) is 32.5 Å². The van der Waals surface area contributed by atoms with Crippen molar-refractivity contribution in [2.24, 2.45) is 0 Å². The number of rotatable bonds is 7. The fourth-order valence-electron chi connectivity index (χ4n) is 2.11. The van der Waals surface area contributed by atoms with Gasteiger partial charge in [-0.15, -0.1) is 0 Å². The van der Waals surface area contributed by atoms with Crippen LogP contribution in [0.4, 0.5) is 0 Å². The second-order valence-electron chi connectivity index (χ2n) is 5.00. The summed E-state index contributed by atoms with van der Waals surface area (Å²) >= 11 is 0. The van der Waals surface area contributed by atoms with E-state index in [1.165, 1.54) is 0 Å². The van der Waals surface area contributed by atoms with Gasteiger partial charge in [-0.1, -0.05) is 0 Å². The largest absolute Gasteiger partial charge is 0.466 e. The Morgan fingerprint density at radius 2 is 1.73 bits per heavy atom.